The molecule has 1 aromatic heterocycles. The number of pyridine rings is 1. The average molecular weight is 352 g/mol. The van der Waals surface area contributed by atoms with Gasteiger partial charge in [-0.3, -0.25) is 4.79 Å². The largest absolute Gasteiger partial charge is 0.451 e. The van der Waals surface area contributed by atoms with E-state index in [0.717, 1.165) is 5.39 Å². The molecule has 0 aliphatic carbocycles. The van der Waals surface area contributed by atoms with Crippen LogP contribution in [0.3, 0.4) is 0 Å². The van der Waals surface area contributed by atoms with Crippen molar-refractivity contribution >= 4 is 22.8 Å². The number of amides is 1. The van der Waals surface area contributed by atoms with Crippen molar-refractivity contribution in [2.45, 2.75) is 6.42 Å². The molecular formula is C20H17FN2O3. The standard InChI is InChI=1S/C20H17FN2O3/c21-16-7-3-1-5-14(16)11-12-22-19(24)13-26-20(25)18-10-9-15-6-2-4-8-17(15)23-18/h1-10H,11-13H2,(H,22,24). The maximum atomic E-state index is 13.5. The number of hydrogen-bond donors (Lipinski definition) is 1. The fourth-order valence-electron chi connectivity index (χ4n) is 2.47. The van der Waals surface area contributed by atoms with Gasteiger partial charge < -0.3 is 10.1 Å². The number of para-hydroxylation sites is 1. The predicted octanol–water partition coefficient (Wildman–Crippen LogP) is 2.89. The quantitative estimate of drug-likeness (QED) is 0.693. The van der Waals surface area contributed by atoms with Gasteiger partial charge in [0.2, 0.25) is 0 Å². The third-order valence-electron chi connectivity index (χ3n) is 3.82. The van der Waals surface area contributed by atoms with E-state index in [1.165, 1.54) is 6.07 Å². The highest BCUT2D eigenvalue weighted by Crippen LogP contribution is 2.12. The maximum absolute atomic E-state index is 13.5. The number of carbonyl (C=O) groups excluding carboxylic acids is 2. The Labute approximate surface area is 149 Å². The Hall–Kier alpha value is -3.28. The summed E-state index contributed by atoms with van der Waals surface area (Å²) in [6, 6.07) is 17.1. The van der Waals surface area contributed by atoms with Crippen LogP contribution in [0.25, 0.3) is 10.9 Å². The molecule has 3 aromatic rings. The number of aromatic nitrogens is 1. The van der Waals surface area contributed by atoms with E-state index >= 15 is 0 Å². The second-order valence-electron chi connectivity index (χ2n) is 5.66. The van der Waals surface area contributed by atoms with Gasteiger partial charge in [0.05, 0.1) is 5.52 Å². The fourth-order valence-corrected chi connectivity index (χ4v) is 2.47. The van der Waals surface area contributed by atoms with Crippen molar-refractivity contribution in [2.24, 2.45) is 0 Å². The lowest BCUT2D eigenvalue weighted by Gasteiger charge is -2.07. The molecule has 6 heteroatoms. The van der Waals surface area contributed by atoms with Crippen molar-refractivity contribution in [3.63, 3.8) is 0 Å². The summed E-state index contributed by atoms with van der Waals surface area (Å²) >= 11 is 0. The molecule has 0 unspecified atom stereocenters. The molecule has 1 heterocycles. The number of nitrogens with zero attached hydrogens (tertiary/aromatic N) is 1. The summed E-state index contributed by atoms with van der Waals surface area (Å²) in [7, 11) is 0. The van der Waals surface area contributed by atoms with E-state index in [4.69, 9.17) is 4.74 Å². The molecule has 0 atom stereocenters. The second-order valence-corrected chi connectivity index (χ2v) is 5.66. The SMILES string of the molecule is O=C(COC(=O)c1ccc2ccccc2n1)NCCc1ccccc1F. The van der Waals surface area contributed by atoms with Crippen molar-refractivity contribution in [3.05, 3.63) is 77.7 Å². The van der Waals surface area contributed by atoms with Gasteiger partial charge in [0.25, 0.3) is 5.91 Å². The van der Waals surface area contributed by atoms with E-state index in [1.807, 2.05) is 18.2 Å². The van der Waals surface area contributed by atoms with E-state index in [-0.39, 0.29) is 18.1 Å². The Morgan fingerprint density at radius 1 is 1.00 bits per heavy atom. The normalized spacial score (nSPS) is 10.5. The summed E-state index contributed by atoms with van der Waals surface area (Å²) in [5, 5.41) is 3.50. The van der Waals surface area contributed by atoms with Crippen molar-refractivity contribution in [1.29, 1.82) is 0 Å². The van der Waals surface area contributed by atoms with Crippen LogP contribution in [-0.4, -0.2) is 30.0 Å². The number of rotatable bonds is 6. The zero-order valence-corrected chi connectivity index (χ0v) is 13.9. The summed E-state index contributed by atoms with van der Waals surface area (Å²) in [4.78, 5) is 28.0. The molecule has 0 fully saturated rings. The number of hydrogen-bond acceptors (Lipinski definition) is 4. The second kappa shape index (κ2) is 8.20. The Kier molecular flexibility index (Phi) is 5.53. The monoisotopic (exact) mass is 352 g/mol. The molecule has 0 aliphatic heterocycles. The first-order valence-electron chi connectivity index (χ1n) is 8.16. The topological polar surface area (TPSA) is 68.3 Å². The number of fused-ring (bicyclic) bond motifs is 1. The maximum Gasteiger partial charge on any atom is 0.357 e. The fraction of sp³-hybridized carbons (Fsp3) is 0.150. The minimum absolute atomic E-state index is 0.142. The number of benzene rings is 2. The van der Waals surface area contributed by atoms with Crippen LogP contribution in [-0.2, 0) is 16.0 Å². The minimum atomic E-state index is -0.667. The van der Waals surface area contributed by atoms with Gasteiger partial charge in [0.1, 0.15) is 11.5 Å². The zero-order valence-electron chi connectivity index (χ0n) is 13.9. The van der Waals surface area contributed by atoms with Crippen LogP contribution in [0.4, 0.5) is 4.39 Å². The Morgan fingerprint density at radius 2 is 1.77 bits per heavy atom. The summed E-state index contributed by atoms with van der Waals surface area (Å²) in [6.45, 7) is -0.157. The highest BCUT2D eigenvalue weighted by Gasteiger charge is 2.12. The van der Waals surface area contributed by atoms with Crippen LogP contribution in [0, 0.1) is 5.82 Å². The minimum Gasteiger partial charge on any atom is -0.451 e. The molecule has 3 rings (SSSR count). The first kappa shape index (κ1) is 17.5. The molecule has 1 amide bonds. The van der Waals surface area contributed by atoms with Gasteiger partial charge in [-0.15, -0.1) is 0 Å². The molecular weight excluding hydrogens is 335 g/mol. The van der Waals surface area contributed by atoms with Gasteiger partial charge in [-0.05, 0) is 30.2 Å². The number of carbonyl (C=O) groups is 2. The van der Waals surface area contributed by atoms with Gasteiger partial charge >= 0.3 is 5.97 Å². The van der Waals surface area contributed by atoms with Crippen LogP contribution in [0.5, 0.6) is 0 Å². The van der Waals surface area contributed by atoms with E-state index in [1.54, 1.807) is 36.4 Å². The first-order valence-corrected chi connectivity index (χ1v) is 8.16. The molecule has 0 aliphatic rings. The van der Waals surface area contributed by atoms with Gasteiger partial charge in [0, 0.05) is 11.9 Å². The molecule has 2 aromatic carbocycles. The molecule has 26 heavy (non-hydrogen) atoms. The molecule has 1 N–H and O–H groups in total. The smallest absolute Gasteiger partial charge is 0.357 e. The lowest BCUT2D eigenvalue weighted by atomic mass is 10.1. The molecule has 0 bridgehead atoms. The third-order valence-corrected chi connectivity index (χ3v) is 3.82. The van der Waals surface area contributed by atoms with Crippen LogP contribution in [0.15, 0.2) is 60.7 Å². The Balaban J connectivity index is 1.47. The highest BCUT2D eigenvalue weighted by atomic mass is 19.1. The van der Waals surface area contributed by atoms with Crippen molar-refractivity contribution in [3.8, 4) is 0 Å². The summed E-state index contributed by atoms with van der Waals surface area (Å²) in [5.41, 5.74) is 1.34. The van der Waals surface area contributed by atoms with Gasteiger partial charge in [0.15, 0.2) is 6.61 Å². The number of esters is 1. The van der Waals surface area contributed by atoms with Crippen LogP contribution >= 0.6 is 0 Å². The van der Waals surface area contributed by atoms with E-state index in [9.17, 15) is 14.0 Å². The number of ether oxygens (including phenoxy) is 1. The molecule has 0 spiro atoms. The van der Waals surface area contributed by atoms with E-state index in [0.29, 0.717) is 17.5 Å². The lowest BCUT2D eigenvalue weighted by Crippen LogP contribution is -2.30. The van der Waals surface area contributed by atoms with Crippen LogP contribution < -0.4 is 5.32 Å². The Morgan fingerprint density at radius 3 is 2.62 bits per heavy atom. The van der Waals surface area contributed by atoms with Gasteiger partial charge in [-0.25, -0.2) is 14.2 Å². The van der Waals surface area contributed by atoms with Gasteiger partial charge in [-0.1, -0.05) is 42.5 Å². The van der Waals surface area contributed by atoms with Gasteiger partial charge in [-0.2, -0.15) is 0 Å². The molecule has 0 saturated heterocycles. The highest BCUT2D eigenvalue weighted by molar-refractivity contribution is 5.92. The number of nitrogens with one attached hydrogen (secondary N) is 1. The molecule has 0 saturated carbocycles. The van der Waals surface area contributed by atoms with Crippen LogP contribution in [0.1, 0.15) is 16.1 Å². The van der Waals surface area contributed by atoms with Crippen LogP contribution in [0.2, 0.25) is 0 Å². The van der Waals surface area contributed by atoms with E-state index < -0.39 is 18.5 Å². The number of halogens is 1. The average Bonchev–Trinajstić information content (AvgIpc) is 2.67. The van der Waals surface area contributed by atoms with E-state index in [2.05, 4.69) is 10.3 Å². The van der Waals surface area contributed by atoms with Crippen molar-refractivity contribution in [2.75, 3.05) is 13.2 Å². The molecule has 0 radical (unpaired) electrons. The van der Waals surface area contributed by atoms with Crippen molar-refractivity contribution < 1.29 is 18.7 Å². The first-order chi connectivity index (χ1) is 12.6. The predicted molar refractivity (Wildman–Crippen MR) is 95.1 cm³/mol. The Bertz CT molecular complexity index is 943. The third kappa shape index (κ3) is 4.42. The lowest BCUT2D eigenvalue weighted by molar-refractivity contribution is -0.124. The summed E-state index contributed by atoms with van der Waals surface area (Å²) in [6.07, 6.45) is 0.360. The zero-order chi connectivity index (χ0) is 18.4. The molecule has 5 nitrogen and oxygen atoms in total. The van der Waals surface area contributed by atoms with Crippen molar-refractivity contribution in [1.82, 2.24) is 10.3 Å². The summed E-state index contributed by atoms with van der Waals surface area (Å²) < 4.78 is 18.5. The summed E-state index contributed by atoms with van der Waals surface area (Å²) in [5.74, 6) is -1.42. The molecule has 132 valence electrons.